The Hall–Kier alpha value is 0.120. The minimum atomic E-state index is -5.88. The molecule has 1 amide bonds. The van der Waals surface area contributed by atoms with Gasteiger partial charge in [-0.05, 0) is 92.7 Å². The molecule has 0 saturated heterocycles. The fourth-order valence-electron chi connectivity index (χ4n) is 1.72. The van der Waals surface area contributed by atoms with Crippen molar-refractivity contribution in [1.29, 1.82) is 0 Å². The highest BCUT2D eigenvalue weighted by Crippen LogP contribution is 2.23. The van der Waals surface area contributed by atoms with E-state index in [4.69, 9.17) is 0 Å². The van der Waals surface area contributed by atoms with Gasteiger partial charge >= 0.3 is 11.2 Å². The third kappa shape index (κ3) is 8.17. The lowest BCUT2D eigenvalue weighted by molar-refractivity contribution is -0.149. The van der Waals surface area contributed by atoms with Crippen LogP contribution in [0.5, 0.6) is 0 Å². The molecule has 1 aromatic carbocycles. The fourth-order valence-corrected chi connectivity index (χ4v) is 4.33. The monoisotopic (exact) mass is 742 g/mol. The maximum atomic E-state index is 12.8. The lowest BCUT2D eigenvalue weighted by atomic mass is 10.2. The van der Waals surface area contributed by atoms with Gasteiger partial charge in [0.05, 0.1) is 5.56 Å². The van der Waals surface area contributed by atoms with Crippen molar-refractivity contribution < 1.29 is 36.1 Å². The van der Waals surface area contributed by atoms with Crippen LogP contribution in [0.2, 0.25) is 0 Å². The molecular weight excluding hydrogens is 729 g/mol. The Bertz CT molecular complexity index is 819. The summed E-state index contributed by atoms with van der Waals surface area (Å²) in [6, 6.07) is 3.69. The van der Waals surface area contributed by atoms with E-state index in [1.807, 2.05) is 6.07 Å². The van der Waals surface area contributed by atoms with Gasteiger partial charge in [0.15, 0.2) is 16.7 Å². The number of amides is 1. The van der Waals surface area contributed by atoms with E-state index in [0.29, 0.717) is 12.0 Å². The van der Waals surface area contributed by atoms with Gasteiger partial charge in [-0.3, -0.25) is 9.59 Å². The number of hydrogen-bond acceptors (Lipinski definition) is 6. The second-order valence-corrected chi connectivity index (χ2v) is 10.2. The van der Waals surface area contributed by atoms with Crippen LogP contribution in [-0.4, -0.2) is 43.3 Å². The number of halogens is 5. The van der Waals surface area contributed by atoms with Gasteiger partial charge in [0, 0.05) is 23.7 Å². The van der Waals surface area contributed by atoms with Crippen molar-refractivity contribution in [2.75, 3.05) is 13.2 Å². The zero-order chi connectivity index (χ0) is 20.8. The maximum absolute atomic E-state index is 12.8. The van der Waals surface area contributed by atoms with Crippen LogP contribution in [0.25, 0.3) is 0 Å². The predicted octanol–water partition coefficient (Wildman–Crippen LogP) is 3.08. The number of alkyl halides is 2. The highest BCUT2D eigenvalue weighted by molar-refractivity contribution is 14.1. The van der Waals surface area contributed by atoms with Crippen LogP contribution in [0, 0.1) is 10.7 Å². The highest BCUT2D eigenvalue weighted by Gasteiger charge is 2.39. The number of esters is 1. The van der Waals surface area contributed by atoms with Gasteiger partial charge in [0.2, 0.25) is 0 Å². The van der Waals surface area contributed by atoms with Gasteiger partial charge in [-0.15, -0.1) is 0 Å². The normalized spacial score (nSPS) is 11.9. The third-order valence-electron chi connectivity index (χ3n) is 3.10. The van der Waals surface area contributed by atoms with Gasteiger partial charge in [0.1, 0.15) is 0 Å². The van der Waals surface area contributed by atoms with Crippen LogP contribution < -0.4 is 5.32 Å². The molecule has 0 radical (unpaired) electrons. The van der Waals surface area contributed by atoms with Crippen molar-refractivity contribution in [2.45, 2.75) is 24.5 Å². The van der Waals surface area contributed by atoms with Crippen molar-refractivity contribution in [1.82, 2.24) is 5.32 Å². The van der Waals surface area contributed by atoms with Crippen LogP contribution >= 0.6 is 67.8 Å². The first-order valence-corrected chi connectivity index (χ1v) is 11.9. The summed E-state index contributed by atoms with van der Waals surface area (Å²) in [4.78, 5) is 23.5. The van der Waals surface area contributed by atoms with Crippen LogP contribution in [0.3, 0.4) is 0 Å². The summed E-state index contributed by atoms with van der Waals surface area (Å²) < 4.78 is 63.3. The van der Waals surface area contributed by atoms with E-state index in [9.17, 15) is 31.3 Å². The number of carbonyl (C=O) groups excluding carboxylic acids is 2. The second kappa shape index (κ2) is 10.8. The lowest BCUT2D eigenvalue weighted by Crippen LogP contribution is -2.34. The third-order valence-corrected chi connectivity index (χ3v) is 7.62. The minimum Gasteiger partial charge on any atom is -0.743 e. The Morgan fingerprint density at radius 1 is 1.19 bits per heavy atom. The summed E-state index contributed by atoms with van der Waals surface area (Å²) in [5.41, 5.74) is 0.535. The second-order valence-electron chi connectivity index (χ2n) is 5.21. The molecular formula is C14H13F2I3NO6S-. The lowest BCUT2D eigenvalue weighted by Gasteiger charge is -2.19. The van der Waals surface area contributed by atoms with Gasteiger partial charge < -0.3 is 14.6 Å². The maximum Gasteiger partial charge on any atom is 0.367 e. The Labute approximate surface area is 195 Å². The smallest absolute Gasteiger partial charge is 0.367 e. The zero-order valence-corrected chi connectivity index (χ0v) is 20.7. The summed E-state index contributed by atoms with van der Waals surface area (Å²) in [5, 5.41) is -1.95. The van der Waals surface area contributed by atoms with Crippen LogP contribution in [0.15, 0.2) is 12.1 Å². The molecule has 0 aliphatic heterocycles. The number of benzene rings is 1. The summed E-state index contributed by atoms with van der Waals surface area (Å²) >= 11 is 6.31. The Balaban J connectivity index is 2.35. The molecule has 0 saturated carbocycles. The molecule has 152 valence electrons. The fraction of sp³-hybridized carbons (Fsp3) is 0.429. The topological polar surface area (TPSA) is 113 Å². The molecule has 0 heterocycles. The van der Waals surface area contributed by atoms with E-state index in [-0.39, 0.29) is 25.3 Å². The number of nitrogens with one attached hydrogen (secondary N) is 1. The Morgan fingerprint density at radius 3 is 2.41 bits per heavy atom. The predicted molar refractivity (Wildman–Crippen MR) is 116 cm³/mol. The standard InChI is InChI=1S/C14H14F2I3NO6S/c15-14(16,27(23,24)25)7-26-11(21)3-1-2-4-20-13(22)9-5-8(17)6-10(18)12(9)19/h5-6H,1-4,7H2,(H,20,22)(H,23,24,25)/p-1. The quantitative estimate of drug-likeness (QED) is 0.137. The van der Waals surface area contributed by atoms with Gasteiger partial charge in [-0.1, -0.05) is 0 Å². The first-order chi connectivity index (χ1) is 12.3. The molecule has 0 aliphatic carbocycles. The summed E-state index contributed by atoms with van der Waals surface area (Å²) in [5.74, 6) is -1.31. The highest BCUT2D eigenvalue weighted by atomic mass is 127. The minimum absolute atomic E-state index is 0.232. The van der Waals surface area contributed by atoms with E-state index in [2.05, 4.69) is 77.8 Å². The molecule has 1 aromatic rings. The van der Waals surface area contributed by atoms with E-state index >= 15 is 0 Å². The molecule has 7 nitrogen and oxygen atoms in total. The number of hydrogen-bond donors (Lipinski definition) is 1. The Kier molecular flexibility index (Phi) is 10.0. The van der Waals surface area contributed by atoms with Crippen molar-refractivity contribution in [3.05, 3.63) is 28.4 Å². The number of unbranched alkanes of at least 4 members (excludes halogenated alkanes) is 1. The number of rotatable bonds is 9. The van der Waals surface area contributed by atoms with Gasteiger partial charge in [-0.2, -0.15) is 8.78 Å². The molecule has 0 aliphatic rings. The average molecular weight is 742 g/mol. The largest absolute Gasteiger partial charge is 0.743 e. The van der Waals surface area contributed by atoms with E-state index < -0.39 is 27.9 Å². The molecule has 0 atom stereocenters. The molecule has 0 fully saturated rings. The molecule has 1 N–H and O–H groups in total. The van der Waals surface area contributed by atoms with Crippen molar-refractivity contribution in [3.63, 3.8) is 0 Å². The number of carbonyl (C=O) groups is 2. The van der Waals surface area contributed by atoms with Crippen molar-refractivity contribution in [2.24, 2.45) is 0 Å². The zero-order valence-electron chi connectivity index (χ0n) is 13.4. The van der Waals surface area contributed by atoms with Crippen LogP contribution in [0.4, 0.5) is 8.78 Å². The molecule has 0 spiro atoms. The molecule has 1 rings (SSSR count). The first kappa shape index (κ1) is 25.2. The molecule has 27 heavy (non-hydrogen) atoms. The van der Waals surface area contributed by atoms with Crippen LogP contribution in [-0.2, 0) is 19.6 Å². The van der Waals surface area contributed by atoms with Gasteiger partial charge in [0.25, 0.3) is 5.91 Å². The summed E-state index contributed by atoms with van der Waals surface area (Å²) in [7, 11) is -5.88. The molecule has 0 aromatic heterocycles. The van der Waals surface area contributed by atoms with Crippen LogP contribution in [0.1, 0.15) is 29.6 Å². The number of ether oxygens (including phenoxy) is 1. The van der Waals surface area contributed by atoms with Crippen molar-refractivity contribution >= 4 is 89.8 Å². The van der Waals surface area contributed by atoms with E-state index in [0.717, 1.165) is 10.7 Å². The molecule has 13 heteroatoms. The Morgan fingerprint density at radius 2 is 1.81 bits per heavy atom. The first-order valence-electron chi connectivity index (χ1n) is 7.27. The van der Waals surface area contributed by atoms with E-state index in [1.54, 1.807) is 6.07 Å². The van der Waals surface area contributed by atoms with Gasteiger partial charge in [-0.25, -0.2) is 8.42 Å². The van der Waals surface area contributed by atoms with Crippen molar-refractivity contribution in [3.8, 4) is 0 Å². The van der Waals surface area contributed by atoms with E-state index in [1.165, 1.54) is 0 Å². The average Bonchev–Trinajstić information content (AvgIpc) is 2.54. The summed E-state index contributed by atoms with van der Waals surface area (Å²) in [6.07, 6.45) is 0.369. The molecule has 0 bridgehead atoms. The summed E-state index contributed by atoms with van der Waals surface area (Å²) in [6.45, 7) is -1.55. The molecule has 0 unspecified atom stereocenters. The SMILES string of the molecule is O=C(CCCCNC(=O)c1cc(I)cc(I)c1I)OCC(F)(F)S(=O)(=O)[O-].